The summed E-state index contributed by atoms with van der Waals surface area (Å²) in [6, 6.07) is 5.66. The lowest BCUT2D eigenvalue weighted by Gasteiger charge is -2.38. The van der Waals surface area contributed by atoms with Crippen molar-refractivity contribution in [2.45, 2.75) is 25.1 Å². The molecular formula is C12H15F3N2. The van der Waals surface area contributed by atoms with Crippen LogP contribution >= 0.6 is 0 Å². The molecular weight excluding hydrogens is 229 g/mol. The molecule has 5 heteroatoms. The molecule has 2 nitrogen and oxygen atoms in total. The molecule has 1 aromatic carbocycles. The summed E-state index contributed by atoms with van der Waals surface area (Å²) in [6.45, 7) is 0.0101. The number of anilines is 1. The first-order valence-electron chi connectivity index (χ1n) is 5.65. The highest BCUT2D eigenvalue weighted by Gasteiger charge is 2.43. The monoisotopic (exact) mass is 244 g/mol. The van der Waals surface area contributed by atoms with Gasteiger partial charge in [-0.1, -0.05) is 18.2 Å². The van der Waals surface area contributed by atoms with Crippen LogP contribution in [-0.2, 0) is 6.42 Å². The number of aryl methyl sites for hydroxylation is 1. The van der Waals surface area contributed by atoms with Crippen LogP contribution in [0.3, 0.4) is 0 Å². The third-order valence-corrected chi connectivity index (χ3v) is 3.12. The van der Waals surface area contributed by atoms with E-state index in [-0.39, 0.29) is 0 Å². The molecule has 1 aromatic rings. The quantitative estimate of drug-likeness (QED) is 0.865. The molecule has 94 valence electrons. The van der Waals surface area contributed by atoms with Gasteiger partial charge in [0.25, 0.3) is 0 Å². The van der Waals surface area contributed by atoms with Gasteiger partial charge in [-0.15, -0.1) is 0 Å². The van der Waals surface area contributed by atoms with Gasteiger partial charge in [0.15, 0.2) is 0 Å². The van der Waals surface area contributed by atoms with Gasteiger partial charge < -0.3 is 10.6 Å². The Kier molecular flexibility index (Phi) is 3.28. The lowest BCUT2D eigenvalue weighted by atomic mass is 10.00. The van der Waals surface area contributed by atoms with Crippen LogP contribution in [0.25, 0.3) is 0 Å². The summed E-state index contributed by atoms with van der Waals surface area (Å²) in [6.07, 6.45) is -2.70. The van der Waals surface area contributed by atoms with Gasteiger partial charge in [-0.05, 0) is 24.5 Å². The number of benzene rings is 1. The van der Waals surface area contributed by atoms with Crippen molar-refractivity contribution in [3.63, 3.8) is 0 Å². The van der Waals surface area contributed by atoms with E-state index in [4.69, 9.17) is 5.73 Å². The van der Waals surface area contributed by atoms with E-state index < -0.39 is 18.8 Å². The van der Waals surface area contributed by atoms with Crippen LogP contribution < -0.4 is 10.6 Å². The maximum absolute atomic E-state index is 12.9. The normalized spacial score (nSPS) is 17.8. The van der Waals surface area contributed by atoms with Crippen molar-refractivity contribution in [1.29, 1.82) is 0 Å². The number of fused-ring (bicyclic) bond motifs is 1. The third kappa shape index (κ3) is 2.39. The van der Waals surface area contributed by atoms with Crippen molar-refractivity contribution < 1.29 is 13.2 Å². The topological polar surface area (TPSA) is 29.3 Å². The molecule has 0 bridgehead atoms. The van der Waals surface area contributed by atoms with E-state index in [1.165, 1.54) is 4.90 Å². The fraction of sp³-hybridized carbons (Fsp3) is 0.500. The molecule has 1 aliphatic heterocycles. The van der Waals surface area contributed by atoms with Crippen LogP contribution in [-0.4, -0.2) is 25.3 Å². The zero-order valence-corrected chi connectivity index (χ0v) is 9.37. The molecule has 17 heavy (non-hydrogen) atoms. The molecule has 0 fully saturated rings. The minimum absolute atomic E-state index is 0.405. The molecule has 0 aromatic heterocycles. The average Bonchev–Trinajstić information content (AvgIpc) is 2.28. The molecule has 0 saturated carbocycles. The number of alkyl halides is 3. The summed E-state index contributed by atoms with van der Waals surface area (Å²) >= 11 is 0. The Balaban J connectivity index is 2.34. The molecule has 0 aliphatic carbocycles. The number of nitrogens with two attached hydrogens (primary N) is 1. The summed E-state index contributed by atoms with van der Waals surface area (Å²) in [4.78, 5) is 1.39. The molecule has 1 atom stereocenters. The smallest absolute Gasteiger partial charge is 0.359 e. The first-order chi connectivity index (χ1) is 8.04. The van der Waals surface area contributed by atoms with Gasteiger partial charge in [-0.25, -0.2) is 0 Å². The highest BCUT2D eigenvalue weighted by Crippen LogP contribution is 2.33. The Labute approximate surface area is 98.2 Å². The summed E-state index contributed by atoms with van der Waals surface area (Å²) < 4.78 is 38.6. The first kappa shape index (κ1) is 12.2. The first-order valence-corrected chi connectivity index (χ1v) is 5.65. The van der Waals surface area contributed by atoms with Gasteiger partial charge in [0.1, 0.15) is 6.04 Å². The van der Waals surface area contributed by atoms with E-state index in [2.05, 4.69) is 0 Å². The van der Waals surface area contributed by atoms with E-state index >= 15 is 0 Å². The Bertz CT molecular complexity index is 390. The van der Waals surface area contributed by atoms with E-state index in [0.717, 1.165) is 18.4 Å². The van der Waals surface area contributed by atoms with Crippen LogP contribution in [0.4, 0.5) is 18.9 Å². The lowest BCUT2D eigenvalue weighted by molar-refractivity contribution is -0.146. The number of para-hydroxylation sites is 1. The number of rotatable bonds is 2. The molecule has 1 aliphatic rings. The Morgan fingerprint density at radius 2 is 2.00 bits per heavy atom. The van der Waals surface area contributed by atoms with Crippen molar-refractivity contribution in [1.82, 2.24) is 0 Å². The predicted molar refractivity (Wildman–Crippen MR) is 61.0 cm³/mol. The largest absolute Gasteiger partial charge is 0.409 e. The number of hydrogen-bond acceptors (Lipinski definition) is 2. The second kappa shape index (κ2) is 4.56. The highest BCUT2D eigenvalue weighted by atomic mass is 19.4. The number of halogens is 3. The zero-order valence-electron chi connectivity index (χ0n) is 9.37. The average molecular weight is 244 g/mol. The van der Waals surface area contributed by atoms with Crippen LogP contribution in [0.5, 0.6) is 0 Å². The maximum Gasteiger partial charge on any atom is 0.409 e. The summed E-state index contributed by atoms with van der Waals surface area (Å²) in [5, 5.41) is 0. The summed E-state index contributed by atoms with van der Waals surface area (Å²) in [5.41, 5.74) is 6.93. The van der Waals surface area contributed by atoms with Gasteiger partial charge in [-0.3, -0.25) is 0 Å². The lowest BCUT2D eigenvalue weighted by Crippen LogP contribution is -2.52. The van der Waals surface area contributed by atoms with E-state index in [1.54, 1.807) is 12.1 Å². The molecule has 1 unspecified atom stereocenters. The van der Waals surface area contributed by atoms with Crippen molar-refractivity contribution in [2.24, 2.45) is 5.73 Å². The standard InChI is InChI=1S/C12H15F3N2/c13-12(14,15)11(8-16)17-7-3-5-9-4-1-2-6-10(9)17/h1-2,4,6,11H,3,5,7-8,16H2. The molecule has 2 rings (SSSR count). The minimum atomic E-state index is -4.28. The molecule has 0 saturated heterocycles. The van der Waals surface area contributed by atoms with Crippen LogP contribution in [0.15, 0.2) is 24.3 Å². The summed E-state index contributed by atoms with van der Waals surface area (Å²) in [5.74, 6) is 0. The minimum Gasteiger partial charge on any atom is -0.359 e. The fourth-order valence-electron chi connectivity index (χ4n) is 2.32. The Morgan fingerprint density at radius 3 is 2.65 bits per heavy atom. The second-order valence-electron chi connectivity index (χ2n) is 4.22. The predicted octanol–water partition coefficient (Wildman–Crippen LogP) is 2.33. The van der Waals surface area contributed by atoms with E-state index in [0.29, 0.717) is 12.2 Å². The van der Waals surface area contributed by atoms with Gasteiger partial charge >= 0.3 is 6.18 Å². The number of nitrogens with zero attached hydrogens (tertiary/aromatic N) is 1. The van der Waals surface area contributed by atoms with Gasteiger partial charge in [0, 0.05) is 18.8 Å². The maximum atomic E-state index is 12.9. The van der Waals surface area contributed by atoms with Crippen LogP contribution in [0.1, 0.15) is 12.0 Å². The van der Waals surface area contributed by atoms with E-state index in [9.17, 15) is 13.2 Å². The molecule has 1 heterocycles. The van der Waals surface area contributed by atoms with E-state index in [1.807, 2.05) is 12.1 Å². The van der Waals surface area contributed by atoms with Crippen molar-refractivity contribution in [2.75, 3.05) is 18.0 Å². The van der Waals surface area contributed by atoms with Crippen molar-refractivity contribution in [3.8, 4) is 0 Å². The second-order valence-corrected chi connectivity index (χ2v) is 4.22. The molecule has 2 N–H and O–H groups in total. The van der Waals surface area contributed by atoms with Crippen molar-refractivity contribution in [3.05, 3.63) is 29.8 Å². The third-order valence-electron chi connectivity index (χ3n) is 3.12. The van der Waals surface area contributed by atoms with Crippen molar-refractivity contribution >= 4 is 5.69 Å². The Morgan fingerprint density at radius 1 is 1.29 bits per heavy atom. The fourth-order valence-corrected chi connectivity index (χ4v) is 2.32. The van der Waals surface area contributed by atoms with Crippen LogP contribution in [0.2, 0.25) is 0 Å². The number of hydrogen-bond donors (Lipinski definition) is 1. The Hall–Kier alpha value is -1.23. The van der Waals surface area contributed by atoms with Crippen LogP contribution in [0, 0.1) is 0 Å². The molecule has 0 radical (unpaired) electrons. The SMILES string of the molecule is NCC(N1CCCc2ccccc21)C(F)(F)F. The van der Waals surface area contributed by atoms with Gasteiger partial charge in [0.2, 0.25) is 0 Å². The highest BCUT2D eigenvalue weighted by molar-refractivity contribution is 5.56. The zero-order chi connectivity index (χ0) is 12.5. The van der Waals surface area contributed by atoms with Gasteiger partial charge in [0.05, 0.1) is 0 Å². The van der Waals surface area contributed by atoms with Gasteiger partial charge in [-0.2, -0.15) is 13.2 Å². The molecule has 0 amide bonds. The molecule has 0 spiro atoms. The summed E-state index contributed by atoms with van der Waals surface area (Å²) in [7, 11) is 0.